The molecule has 0 radical (unpaired) electrons. The maximum atomic E-state index is 12.0. The molecule has 2 rings (SSSR count). The number of nitrogens with zero attached hydrogens (tertiary/aromatic N) is 2. The Morgan fingerprint density at radius 1 is 1.62 bits per heavy atom. The second-order valence-electron chi connectivity index (χ2n) is 3.64. The molecule has 1 amide bonds. The van der Waals surface area contributed by atoms with Crippen molar-refractivity contribution in [1.29, 1.82) is 0 Å². The average Bonchev–Trinajstić information content (AvgIpc) is 2.39. The van der Waals surface area contributed by atoms with Crippen molar-refractivity contribution < 1.29 is 14.6 Å². The Kier molecular flexibility index (Phi) is 3.48. The number of carbonyl (C=O) groups is 1. The lowest BCUT2D eigenvalue weighted by molar-refractivity contribution is -0.0448. The number of pyridine rings is 1. The third-order valence-electron chi connectivity index (χ3n) is 2.51. The van der Waals surface area contributed by atoms with Gasteiger partial charge in [-0.25, -0.2) is 0 Å². The molecule has 1 unspecified atom stereocenters. The Labute approximate surface area is 93.7 Å². The molecule has 5 nitrogen and oxygen atoms in total. The van der Waals surface area contributed by atoms with Crippen molar-refractivity contribution in [2.75, 3.05) is 26.3 Å². The van der Waals surface area contributed by atoms with Gasteiger partial charge in [0.1, 0.15) is 5.69 Å². The van der Waals surface area contributed by atoms with Gasteiger partial charge in [-0.3, -0.25) is 9.78 Å². The first kappa shape index (κ1) is 11.0. The van der Waals surface area contributed by atoms with Crippen LogP contribution in [0.15, 0.2) is 24.4 Å². The van der Waals surface area contributed by atoms with E-state index in [4.69, 9.17) is 9.84 Å². The van der Waals surface area contributed by atoms with Crippen molar-refractivity contribution in [3.63, 3.8) is 0 Å². The summed E-state index contributed by atoms with van der Waals surface area (Å²) >= 11 is 0. The minimum absolute atomic E-state index is 0.0635. The zero-order chi connectivity index (χ0) is 11.4. The van der Waals surface area contributed by atoms with E-state index in [0.29, 0.717) is 25.4 Å². The lowest BCUT2D eigenvalue weighted by Gasteiger charge is -2.31. The van der Waals surface area contributed by atoms with Crippen LogP contribution in [0.1, 0.15) is 10.5 Å². The van der Waals surface area contributed by atoms with E-state index < -0.39 is 0 Å². The van der Waals surface area contributed by atoms with Gasteiger partial charge >= 0.3 is 0 Å². The Morgan fingerprint density at radius 3 is 3.19 bits per heavy atom. The molecule has 0 aromatic carbocycles. The summed E-state index contributed by atoms with van der Waals surface area (Å²) in [4.78, 5) is 17.7. The highest BCUT2D eigenvalue weighted by Crippen LogP contribution is 2.08. The van der Waals surface area contributed by atoms with Crippen LogP contribution in [-0.4, -0.2) is 53.3 Å². The second kappa shape index (κ2) is 5.05. The highest BCUT2D eigenvalue weighted by Gasteiger charge is 2.24. The molecule has 0 bridgehead atoms. The molecule has 1 aromatic rings. The SMILES string of the molecule is O=C(c1ccccn1)N1CCOC(CO)C1. The van der Waals surface area contributed by atoms with Gasteiger partial charge in [0.05, 0.1) is 19.3 Å². The maximum absolute atomic E-state index is 12.0. The van der Waals surface area contributed by atoms with Gasteiger partial charge in [-0.15, -0.1) is 0 Å². The van der Waals surface area contributed by atoms with Crippen molar-refractivity contribution in [3.8, 4) is 0 Å². The van der Waals surface area contributed by atoms with Crippen LogP contribution < -0.4 is 0 Å². The molecule has 1 fully saturated rings. The lowest BCUT2D eigenvalue weighted by atomic mass is 10.2. The first-order valence-electron chi connectivity index (χ1n) is 5.24. The molecule has 1 saturated heterocycles. The van der Waals surface area contributed by atoms with Gasteiger partial charge in [0, 0.05) is 19.3 Å². The van der Waals surface area contributed by atoms with Crippen molar-refractivity contribution in [2.24, 2.45) is 0 Å². The average molecular weight is 222 g/mol. The van der Waals surface area contributed by atoms with E-state index in [1.54, 1.807) is 29.3 Å². The number of amides is 1. The first-order valence-corrected chi connectivity index (χ1v) is 5.24. The Balaban J connectivity index is 2.05. The summed E-state index contributed by atoms with van der Waals surface area (Å²) in [7, 11) is 0. The van der Waals surface area contributed by atoms with E-state index in [-0.39, 0.29) is 18.6 Å². The van der Waals surface area contributed by atoms with E-state index in [0.717, 1.165) is 0 Å². The lowest BCUT2D eigenvalue weighted by Crippen LogP contribution is -2.47. The van der Waals surface area contributed by atoms with Crippen molar-refractivity contribution in [2.45, 2.75) is 6.10 Å². The molecule has 1 aliphatic heterocycles. The number of carbonyl (C=O) groups excluding carboxylic acids is 1. The topological polar surface area (TPSA) is 62.7 Å². The molecule has 86 valence electrons. The molecule has 16 heavy (non-hydrogen) atoms. The van der Waals surface area contributed by atoms with Crippen LogP contribution in [0.2, 0.25) is 0 Å². The number of hydrogen-bond acceptors (Lipinski definition) is 4. The molecule has 1 atom stereocenters. The van der Waals surface area contributed by atoms with Gasteiger partial charge in [-0.1, -0.05) is 6.07 Å². The van der Waals surface area contributed by atoms with Crippen LogP contribution in [0.4, 0.5) is 0 Å². The van der Waals surface area contributed by atoms with E-state index in [1.807, 2.05) is 0 Å². The minimum atomic E-state index is -0.276. The maximum Gasteiger partial charge on any atom is 0.272 e. The number of aliphatic hydroxyl groups excluding tert-OH is 1. The smallest absolute Gasteiger partial charge is 0.272 e. The molecule has 2 heterocycles. The van der Waals surface area contributed by atoms with Crippen LogP contribution >= 0.6 is 0 Å². The number of aliphatic hydroxyl groups is 1. The third-order valence-corrected chi connectivity index (χ3v) is 2.51. The van der Waals surface area contributed by atoms with E-state index >= 15 is 0 Å². The Bertz CT molecular complexity index is 356. The molecule has 1 aliphatic rings. The largest absolute Gasteiger partial charge is 0.394 e. The molecule has 1 aromatic heterocycles. The number of rotatable bonds is 2. The molecule has 0 spiro atoms. The molecular formula is C11H14N2O3. The second-order valence-corrected chi connectivity index (χ2v) is 3.64. The summed E-state index contributed by atoms with van der Waals surface area (Å²) in [5, 5.41) is 8.98. The third kappa shape index (κ3) is 2.37. The van der Waals surface area contributed by atoms with E-state index in [1.165, 1.54) is 0 Å². The number of aromatic nitrogens is 1. The fourth-order valence-electron chi connectivity index (χ4n) is 1.67. The fraction of sp³-hybridized carbons (Fsp3) is 0.455. The van der Waals surface area contributed by atoms with Crippen molar-refractivity contribution in [1.82, 2.24) is 9.88 Å². The van der Waals surface area contributed by atoms with Crippen LogP contribution in [0, 0.1) is 0 Å². The fourth-order valence-corrected chi connectivity index (χ4v) is 1.67. The van der Waals surface area contributed by atoms with Crippen LogP contribution in [0.25, 0.3) is 0 Å². The predicted molar refractivity (Wildman–Crippen MR) is 57.0 cm³/mol. The zero-order valence-corrected chi connectivity index (χ0v) is 8.87. The quantitative estimate of drug-likeness (QED) is 0.760. The minimum Gasteiger partial charge on any atom is -0.394 e. The van der Waals surface area contributed by atoms with E-state index in [9.17, 15) is 4.79 Å². The summed E-state index contributed by atoms with van der Waals surface area (Å²) in [6.07, 6.45) is 1.32. The number of hydrogen-bond donors (Lipinski definition) is 1. The highest BCUT2D eigenvalue weighted by molar-refractivity contribution is 5.92. The van der Waals surface area contributed by atoms with E-state index in [2.05, 4.69) is 4.98 Å². The van der Waals surface area contributed by atoms with Gasteiger partial charge in [-0.05, 0) is 12.1 Å². The van der Waals surface area contributed by atoms with Crippen LogP contribution in [-0.2, 0) is 4.74 Å². The molecule has 1 N–H and O–H groups in total. The van der Waals surface area contributed by atoms with Crippen molar-refractivity contribution in [3.05, 3.63) is 30.1 Å². The standard InChI is InChI=1S/C11H14N2O3/c14-8-9-7-13(5-6-16-9)11(15)10-3-1-2-4-12-10/h1-4,9,14H,5-8H2. The summed E-state index contributed by atoms with van der Waals surface area (Å²) in [6.45, 7) is 1.37. The summed E-state index contributed by atoms with van der Waals surface area (Å²) < 4.78 is 5.28. The summed E-state index contributed by atoms with van der Waals surface area (Å²) in [6, 6.07) is 5.24. The predicted octanol–water partition coefficient (Wildman–Crippen LogP) is -0.0851. The monoisotopic (exact) mass is 222 g/mol. The van der Waals surface area contributed by atoms with Gasteiger partial charge < -0.3 is 14.7 Å². The van der Waals surface area contributed by atoms with Crippen molar-refractivity contribution >= 4 is 5.91 Å². The van der Waals surface area contributed by atoms with Crippen LogP contribution in [0.3, 0.4) is 0 Å². The first-order chi connectivity index (χ1) is 7.81. The Morgan fingerprint density at radius 2 is 2.50 bits per heavy atom. The van der Waals surface area contributed by atoms with Crippen LogP contribution in [0.5, 0.6) is 0 Å². The number of morpholine rings is 1. The van der Waals surface area contributed by atoms with Gasteiger partial charge in [-0.2, -0.15) is 0 Å². The van der Waals surface area contributed by atoms with Gasteiger partial charge in [0.15, 0.2) is 0 Å². The highest BCUT2D eigenvalue weighted by atomic mass is 16.5. The van der Waals surface area contributed by atoms with Gasteiger partial charge in [0.25, 0.3) is 5.91 Å². The molecule has 5 heteroatoms. The zero-order valence-electron chi connectivity index (χ0n) is 8.87. The molecular weight excluding hydrogens is 208 g/mol. The normalized spacial score (nSPS) is 20.8. The molecule has 0 aliphatic carbocycles. The molecule has 0 saturated carbocycles. The number of ether oxygens (including phenoxy) is 1. The Hall–Kier alpha value is -1.46. The van der Waals surface area contributed by atoms with Gasteiger partial charge in [0.2, 0.25) is 0 Å². The summed E-state index contributed by atoms with van der Waals surface area (Å²) in [5.74, 6) is -0.109. The summed E-state index contributed by atoms with van der Waals surface area (Å²) in [5.41, 5.74) is 0.432.